The van der Waals surface area contributed by atoms with Gasteiger partial charge in [-0.15, -0.1) is 0 Å². The van der Waals surface area contributed by atoms with E-state index in [1.54, 1.807) is 31.2 Å². The number of carbonyl (C=O) groups excluding carboxylic acids is 3. The van der Waals surface area contributed by atoms with Crippen LogP contribution in [0.4, 0.5) is 10.1 Å². The molecule has 0 radical (unpaired) electrons. The Morgan fingerprint density at radius 2 is 1.72 bits per heavy atom. The van der Waals surface area contributed by atoms with E-state index in [2.05, 4.69) is 0 Å². The molecule has 8 heteroatoms. The van der Waals surface area contributed by atoms with Gasteiger partial charge in [0.2, 0.25) is 0 Å². The molecule has 3 aromatic rings. The van der Waals surface area contributed by atoms with E-state index in [4.69, 9.17) is 9.47 Å². The molecule has 1 saturated heterocycles. The van der Waals surface area contributed by atoms with Gasteiger partial charge in [0.25, 0.3) is 11.7 Å². The van der Waals surface area contributed by atoms with E-state index in [0.29, 0.717) is 17.0 Å². The van der Waals surface area contributed by atoms with E-state index in [9.17, 15) is 23.9 Å². The third kappa shape index (κ3) is 4.45. The minimum Gasteiger partial charge on any atom is -0.507 e. The molecule has 1 aliphatic heterocycles. The average Bonchev–Trinajstić information content (AvgIpc) is 3.15. The molecule has 1 fully saturated rings. The Morgan fingerprint density at radius 1 is 1.03 bits per heavy atom. The summed E-state index contributed by atoms with van der Waals surface area (Å²) in [6, 6.07) is 15.8. The first kappa shape index (κ1) is 24.7. The van der Waals surface area contributed by atoms with Gasteiger partial charge in [-0.05, 0) is 79.6 Å². The van der Waals surface area contributed by atoms with Crippen LogP contribution >= 0.6 is 0 Å². The molecule has 184 valence electrons. The summed E-state index contributed by atoms with van der Waals surface area (Å²) in [4.78, 5) is 39.9. The number of aliphatic hydroxyl groups is 1. The number of esters is 1. The highest BCUT2D eigenvalue weighted by molar-refractivity contribution is 6.51. The van der Waals surface area contributed by atoms with E-state index in [-0.39, 0.29) is 28.9 Å². The fraction of sp³-hybridized carbons (Fsp3) is 0.179. The molecule has 1 N–H and O–H groups in total. The number of aliphatic hydroxyl groups excluding tert-OH is 1. The number of aryl methyl sites for hydroxylation is 1. The van der Waals surface area contributed by atoms with Gasteiger partial charge in [-0.25, -0.2) is 9.18 Å². The minimum atomic E-state index is -1.00. The van der Waals surface area contributed by atoms with Crippen LogP contribution in [0.15, 0.2) is 72.3 Å². The lowest BCUT2D eigenvalue weighted by atomic mass is 9.94. The number of ketones is 1. The van der Waals surface area contributed by atoms with E-state index in [1.165, 1.54) is 61.4 Å². The van der Waals surface area contributed by atoms with Crippen LogP contribution in [0.2, 0.25) is 0 Å². The number of halogens is 1. The standard InChI is InChI=1S/C28H24FNO6/c1-4-36-28(34)17-8-11-20(12-9-17)30-24(18-6-5-7-21(15-18)35-3)23(26(32)27(30)33)25(31)19-10-13-22(29)16(2)14-19/h5-15,24,31H,4H2,1-3H3/b25-23-. The van der Waals surface area contributed by atoms with Crippen LogP contribution in [0.1, 0.15) is 40.0 Å². The summed E-state index contributed by atoms with van der Waals surface area (Å²) in [5, 5.41) is 11.2. The Balaban J connectivity index is 1.89. The quantitative estimate of drug-likeness (QED) is 0.228. The van der Waals surface area contributed by atoms with Crippen LogP contribution in [-0.2, 0) is 14.3 Å². The summed E-state index contributed by atoms with van der Waals surface area (Å²) < 4.78 is 24.2. The van der Waals surface area contributed by atoms with Crippen LogP contribution in [-0.4, -0.2) is 36.5 Å². The van der Waals surface area contributed by atoms with Crippen molar-refractivity contribution >= 4 is 29.1 Å². The molecule has 36 heavy (non-hydrogen) atoms. The zero-order chi connectivity index (χ0) is 26.0. The number of hydrogen-bond acceptors (Lipinski definition) is 6. The van der Waals surface area contributed by atoms with Crippen molar-refractivity contribution in [3.05, 3.63) is 100 Å². The fourth-order valence-corrected chi connectivity index (χ4v) is 4.15. The molecule has 1 heterocycles. The van der Waals surface area contributed by atoms with E-state index in [0.717, 1.165) is 0 Å². The van der Waals surface area contributed by atoms with Gasteiger partial charge < -0.3 is 14.6 Å². The summed E-state index contributed by atoms with van der Waals surface area (Å²) in [7, 11) is 1.49. The van der Waals surface area contributed by atoms with Gasteiger partial charge in [0.1, 0.15) is 17.3 Å². The average molecular weight is 489 g/mol. The van der Waals surface area contributed by atoms with Crippen molar-refractivity contribution < 1.29 is 33.4 Å². The zero-order valence-corrected chi connectivity index (χ0v) is 19.9. The maximum absolute atomic E-state index is 13.9. The number of nitrogens with zero attached hydrogens (tertiary/aromatic N) is 1. The Bertz CT molecular complexity index is 1380. The molecule has 0 aliphatic carbocycles. The van der Waals surface area contributed by atoms with Crippen molar-refractivity contribution in [2.45, 2.75) is 19.9 Å². The van der Waals surface area contributed by atoms with Gasteiger partial charge in [-0.2, -0.15) is 0 Å². The molecule has 4 rings (SSSR count). The third-order valence-electron chi connectivity index (χ3n) is 5.94. The molecule has 1 atom stereocenters. The number of Topliss-reactive ketones (excluding diaryl/α,β-unsaturated/α-hetero) is 1. The number of methoxy groups -OCH3 is 1. The number of amides is 1. The van der Waals surface area contributed by atoms with Crippen molar-refractivity contribution in [2.24, 2.45) is 0 Å². The molecular formula is C28H24FNO6. The maximum atomic E-state index is 13.9. The number of benzene rings is 3. The SMILES string of the molecule is CCOC(=O)c1ccc(N2C(=O)C(=O)/C(=C(\O)c3ccc(F)c(C)c3)C2c2cccc(OC)c2)cc1. The first-order valence-corrected chi connectivity index (χ1v) is 11.3. The van der Waals surface area contributed by atoms with Crippen molar-refractivity contribution in [1.82, 2.24) is 0 Å². The van der Waals surface area contributed by atoms with Crippen LogP contribution in [0.5, 0.6) is 5.75 Å². The Morgan fingerprint density at radius 3 is 2.36 bits per heavy atom. The molecule has 1 amide bonds. The number of anilines is 1. The number of rotatable bonds is 6. The highest BCUT2D eigenvalue weighted by Crippen LogP contribution is 2.43. The maximum Gasteiger partial charge on any atom is 0.338 e. The second-order valence-electron chi connectivity index (χ2n) is 8.18. The lowest BCUT2D eigenvalue weighted by Crippen LogP contribution is -2.29. The highest BCUT2D eigenvalue weighted by Gasteiger charge is 2.47. The van der Waals surface area contributed by atoms with Gasteiger partial charge in [0, 0.05) is 11.3 Å². The Hall–Kier alpha value is -4.46. The lowest BCUT2D eigenvalue weighted by Gasteiger charge is -2.26. The second kappa shape index (κ2) is 10.0. The largest absolute Gasteiger partial charge is 0.507 e. The zero-order valence-electron chi connectivity index (χ0n) is 19.9. The molecule has 0 spiro atoms. The highest BCUT2D eigenvalue weighted by atomic mass is 19.1. The summed E-state index contributed by atoms with van der Waals surface area (Å²) in [5.74, 6) is -2.65. The summed E-state index contributed by atoms with van der Waals surface area (Å²) in [5.41, 5.74) is 1.49. The van der Waals surface area contributed by atoms with Crippen molar-refractivity contribution in [1.29, 1.82) is 0 Å². The van der Waals surface area contributed by atoms with Crippen LogP contribution in [0.25, 0.3) is 5.76 Å². The Kier molecular flexibility index (Phi) is 6.87. The first-order chi connectivity index (χ1) is 17.3. The van der Waals surface area contributed by atoms with Crippen LogP contribution < -0.4 is 9.64 Å². The predicted octanol–water partition coefficient (Wildman–Crippen LogP) is 4.95. The molecular weight excluding hydrogens is 465 g/mol. The van der Waals surface area contributed by atoms with Crippen molar-refractivity contribution in [3.63, 3.8) is 0 Å². The van der Waals surface area contributed by atoms with Gasteiger partial charge >= 0.3 is 5.97 Å². The van der Waals surface area contributed by atoms with Crippen LogP contribution in [0, 0.1) is 12.7 Å². The molecule has 7 nitrogen and oxygen atoms in total. The van der Waals surface area contributed by atoms with Crippen molar-refractivity contribution in [2.75, 3.05) is 18.6 Å². The van der Waals surface area contributed by atoms with Gasteiger partial charge in [0.15, 0.2) is 0 Å². The fourth-order valence-electron chi connectivity index (χ4n) is 4.15. The third-order valence-corrected chi connectivity index (χ3v) is 5.94. The number of ether oxygens (including phenoxy) is 2. The Labute approximate surface area is 207 Å². The summed E-state index contributed by atoms with van der Waals surface area (Å²) in [6.07, 6.45) is 0. The molecule has 3 aromatic carbocycles. The first-order valence-electron chi connectivity index (χ1n) is 11.3. The summed E-state index contributed by atoms with van der Waals surface area (Å²) >= 11 is 0. The topological polar surface area (TPSA) is 93.1 Å². The summed E-state index contributed by atoms with van der Waals surface area (Å²) in [6.45, 7) is 3.45. The van der Waals surface area contributed by atoms with E-state index in [1.807, 2.05) is 0 Å². The molecule has 0 saturated carbocycles. The van der Waals surface area contributed by atoms with Crippen molar-refractivity contribution in [3.8, 4) is 5.75 Å². The van der Waals surface area contributed by atoms with Gasteiger partial charge in [0.05, 0.1) is 30.9 Å². The normalized spacial score (nSPS) is 16.8. The molecule has 0 bridgehead atoms. The smallest absolute Gasteiger partial charge is 0.338 e. The van der Waals surface area contributed by atoms with Crippen LogP contribution in [0.3, 0.4) is 0 Å². The van der Waals surface area contributed by atoms with E-state index >= 15 is 0 Å². The molecule has 0 aromatic heterocycles. The number of carbonyl (C=O) groups is 3. The monoisotopic (exact) mass is 489 g/mol. The van der Waals surface area contributed by atoms with Gasteiger partial charge in [-0.3, -0.25) is 14.5 Å². The van der Waals surface area contributed by atoms with E-state index < -0.39 is 35.3 Å². The van der Waals surface area contributed by atoms with Gasteiger partial charge in [-0.1, -0.05) is 12.1 Å². The minimum absolute atomic E-state index is 0.145. The molecule has 1 aliphatic rings. The second-order valence-corrected chi connectivity index (χ2v) is 8.18. The predicted molar refractivity (Wildman–Crippen MR) is 131 cm³/mol. The lowest BCUT2D eigenvalue weighted by molar-refractivity contribution is -0.132. The molecule has 1 unspecified atom stereocenters. The number of hydrogen-bond donors (Lipinski definition) is 1.